The van der Waals surface area contributed by atoms with Gasteiger partial charge in [-0.1, -0.05) is 30.3 Å². The van der Waals surface area contributed by atoms with Crippen molar-refractivity contribution in [2.75, 3.05) is 11.5 Å². The highest BCUT2D eigenvalue weighted by Crippen LogP contribution is 2.33. The van der Waals surface area contributed by atoms with E-state index in [1.54, 1.807) is 49.4 Å². The summed E-state index contributed by atoms with van der Waals surface area (Å²) < 4.78 is 5.05. The summed E-state index contributed by atoms with van der Waals surface area (Å²) in [4.78, 5) is 39.2. The van der Waals surface area contributed by atoms with Crippen LogP contribution in [-0.2, 0) is 14.3 Å². The van der Waals surface area contributed by atoms with E-state index in [1.165, 1.54) is 0 Å². The number of carbonyl (C=O) groups is 3. The number of fused-ring (bicyclic) bond motifs is 1. The number of anilines is 1. The number of carbonyl (C=O) groups excluding carboxylic acids is 3. The van der Waals surface area contributed by atoms with Crippen molar-refractivity contribution in [1.82, 2.24) is 0 Å². The zero-order valence-corrected chi connectivity index (χ0v) is 13.5. The van der Waals surface area contributed by atoms with Crippen molar-refractivity contribution in [3.05, 3.63) is 65.2 Å². The molecular weight excluding hydrogens is 306 g/mol. The van der Waals surface area contributed by atoms with E-state index >= 15 is 0 Å². The van der Waals surface area contributed by atoms with Crippen LogP contribution < -0.4 is 4.90 Å². The lowest BCUT2D eigenvalue weighted by Gasteiger charge is -2.31. The molecule has 0 saturated carbocycles. The molecule has 5 heteroatoms. The lowest BCUT2D eigenvalue weighted by molar-refractivity contribution is -0.147. The highest BCUT2D eigenvalue weighted by Gasteiger charge is 2.44. The van der Waals surface area contributed by atoms with Gasteiger partial charge in [0.15, 0.2) is 5.92 Å². The number of hydrogen-bond donors (Lipinski definition) is 0. The van der Waals surface area contributed by atoms with Crippen molar-refractivity contribution >= 4 is 23.5 Å². The first-order valence-electron chi connectivity index (χ1n) is 7.75. The SMILES string of the molecule is CCOC(=O)C1C(=O)N(c2cccc(C)c2)C(=O)c2ccccc21. The Morgan fingerprint density at radius 1 is 1.12 bits per heavy atom. The maximum absolute atomic E-state index is 12.9. The molecule has 2 aromatic carbocycles. The average Bonchev–Trinajstić information content (AvgIpc) is 2.55. The van der Waals surface area contributed by atoms with Gasteiger partial charge in [0, 0.05) is 5.56 Å². The van der Waals surface area contributed by atoms with Crippen LogP contribution in [0.1, 0.15) is 34.3 Å². The van der Waals surface area contributed by atoms with Gasteiger partial charge in [0.1, 0.15) is 0 Å². The van der Waals surface area contributed by atoms with Crippen molar-refractivity contribution < 1.29 is 19.1 Å². The molecule has 1 atom stereocenters. The molecule has 2 aromatic rings. The number of aryl methyl sites for hydroxylation is 1. The Bertz CT molecular complexity index is 828. The van der Waals surface area contributed by atoms with Gasteiger partial charge in [0.25, 0.3) is 11.8 Å². The molecule has 5 nitrogen and oxygen atoms in total. The first-order chi connectivity index (χ1) is 11.5. The fraction of sp³-hybridized carbons (Fsp3) is 0.211. The maximum Gasteiger partial charge on any atom is 0.323 e. The van der Waals surface area contributed by atoms with Gasteiger partial charge in [-0.2, -0.15) is 0 Å². The van der Waals surface area contributed by atoms with Gasteiger partial charge in [-0.05, 0) is 43.2 Å². The van der Waals surface area contributed by atoms with Gasteiger partial charge in [-0.3, -0.25) is 14.4 Å². The van der Waals surface area contributed by atoms with Crippen LogP contribution in [0, 0.1) is 6.92 Å². The monoisotopic (exact) mass is 323 g/mol. The van der Waals surface area contributed by atoms with E-state index in [4.69, 9.17) is 4.74 Å². The summed E-state index contributed by atoms with van der Waals surface area (Å²) in [6, 6.07) is 13.7. The topological polar surface area (TPSA) is 63.7 Å². The molecule has 122 valence electrons. The smallest absolute Gasteiger partial charge is 0.323 e. The zero-order chi connectivity index (χ0) is 17.3. The standard InChI is InChI=1S/C19H17NO4/c1-3-24-19(23)16-14-9-4-5-10-15(14)17(21)20(18(16)22)13-8-6-7-12(2)11-13/h4-11,16H,3H2,1-2H3. The molecule has 0 spiro atoms. The van der Waals surface area contributed by atoms with E-state index in [1.807, 2.05) is 13.0 Å². The quantitative estimate of drug-likeness (QED) is 0.495. The summed E-state index contributed by atoms with van der Waals surface area (Å²) in [7, 11) is 0. The molecule has 0 aliphatic carbocycles. The second kappa shape index (κ2) is 6.28. The largest absolute Gasteiger partial charge is 0.465 e. The number of amides is 2. The molecule has 1 aliphatic heterocycles. The van der Waals surface area contributed by atoms with Gasteiger partial charge in [-0.25, -0.2) is 4.90 Å². The number of imide groups is 1. The summed E-state index contributed by atoms with van der Waals surface area (Å²) in [5.74, 6) is -2.77. The molecule has 24 heavy (non-hydrogen) atoms. The third-order valence-corrected chi connectivity index (χ3v) is 3.95. The van der Waals surface area contributed by atoms with Crippen molar-refractivity contribution in [1.29, 1.82) is 0 Å². The van der Waals surface area contributed by atoms with Crippen LogP contribution in [0.3, 0.4) is 0 Å². The molecular formula is C19H17NO4. The van der Waals surface area contributed by atoms with Crippen molar-refractivity contribution in [2.24, 2.45) is 0 Å². The number of rotatable bonds is 3. The molecule has 0 N–H and O–H groups in total. The van der Waals surface area contributed by atoms with Crippen LogP contribution >= 0.6 is 0 Å². The van der Waals surface area contributed by atoms with Crippen LogP contribution in [0.4, 0.5) is 5.69 Å². The Kier molecular flexibility index (Phi) is 4.16. The van der Waals surface area contributed by atoms with Crippen LogP contribution in [0.5, 0.6) is 0 Å². The summed E-state index contributed by atoms with van der Waals surface area (Å²) in [5, 5.41) is 0. The minimum absolute atomic E-state index is 0.170. The minimum atomic E-state index is -1.13. The Labute approximate surface area is 139 Å². The Morgan fingerprint density at radius 3 is 2.58 bits per heavy atom. The molecule has 1 heterocycles. The van der Waals surface area contributed by atoms with Gasteiger partial charge in [-0.15, -0.1) is 0 Å². The highest BCUT2D eigenvalue weighted by molar-refractivity contribution is 6.30. The van der Waals surface area contributed by atoms with E-state index in [0.29, 0.717) is 16.8 Å². The maximum atomic E-state index is 12.9. The summed E-state index contributed by atoms with van der Waals surface area (Å²) in [6.07, 6.45) is 0. The lowest BCUT2D eigenvalue weighted by Crippen LogP contribution is -2.47. The molecule has 0 radical (unpaired) electrons. The van der Waals surface area contributed by atoms with Crippen molar-refractivity contribution in [2.45, 2.75) is 19.8 Å². The second-order valence-electron chi connectivity index (χ2n) is 5.59. The van der Waals surface area contributed by atoms with Crippen LogP contribution in [0.15, 0.2) is 48.5 Å². The van der Waals surface area contributed by atoms with Gasteiger partial charge in [0.05, 0.1) is 12.3 Å². The molecule has 0 aromatic heterocycles. The summed E-state index contributed by atoms with van der Waals surface area (Å²) in [6.45, 7) is 3.73. The number of esters is 1. The lowest BCUT2D eigenvalue weighted by atomic mass is 9.88. The summed E-state index contributed by atoms with van der Waals surface area (Å²) >= 11 is 0. The molecule has 1 unspecified atom stereocenters. The first kappa shape index (κ1) is 15.9. The van der Waals surface area contributed by atoms with Crippen LogP contribution in [0.2, 0.25) is 0 Å². The molecule has 3 rings (SSSR count). The van der Waals surface area contributed by atoms with E-state index < -0.39 is 23.7 Å². The first-order valence-corrected chi connectivity index (χ1v) is 7.75. The predicted octanol–water partition coefficient (Wildman–Crippen LogP) is 2.83. The van der Waals surface area contributed by atoms with Crippen LogP contribution in [0.25, 0.3) is 0 Å². The average molecular weight is 323 g/mol. The van der Waals surface area contributed by atoms with E-state index in [2.05, 4.69) is 0 Å². The van der Waals surface area contributed by atoms with Crippen LogP contribution in [-0.4, -0.2) is 24.4 Å². The molecule has 1 aliphatic rings. The molecule has 0 saturated heterocycles. The van der Waals surface area contributed by atoms with Gasteiger partial charge < -0.3 is 4.74 Å². The van der Waals surface area contributed by atoms with E-state index in [0.717, 1.165) is 10.5 Å². The van der Waals surface area contributed by atoms with E-state index in [9.17, 15) is 14.4 Å². The van der Waals surface area contributed by atoms with Gasteiger partial charge in [0.2, 0.25) is 0 Å². The number of hydrogen-bond acceptors (Lipinski definition) is 4. The fourth-order valence-corrected chi connectivity index (χ4v) is 2.89. The normalized spacial score (nSPS) is 16.8. The molecule has 2 amide bonds. The predicted molar refractivity (Wildman–Crippen MR) is 88.8 cm³/mol. The zero-order valence-electron chi connectivity index (χ0n) is 13.5. The number of nitrogens with zero attached hydrogens (tertiary/aromatic N) is 1. The van der Waals surface area contributed by atoms with Crippen molar-refractivity contribution in [3.8, 4) is 0 Å². The Balaban J connectivity index is 2.15. The van der Waals surface area contributed by atoms with Gasteiger partial charge >= 0.3 is 5.97 Å². The second-order valence-corrected chi connectivity index (χ2v) is 5.59. The number of ether oxygens (including phenoxy) is 1. The fourth-order valence-electron chi connectivity index (χ4n) is 2.89. The van der Waals surface area contributed by atoms with Crippen molar-refractivity contribution in [3.63, 3.8) is 0 Å². The minimum Gasteiger partial charge on any atom is -0.465 e. The summed E-state index contributed by atoms with van der Waals surface area (Å²) in [5.41, 5.74) is 2.11. The number of benzene rings is 2. The molecule has 0 fully saturated rings. The highest BCUT2D eigenvalue weighted by atomic mass is 16.5. The Hall–Kier alpha value is -2.95. The van der Waals surface area contributed by atoms with E-state index in [-0.39, 0.29) is 6.61 Å². The molecule has 0 bridgehead atoms. The third-order valence-electron chi connectivity index (χ3n) is 3.95. The Morgan fingerprint density at radius 2 is 1.88 bits per heavy atom. The third kappa shape index (κ3) is 2.58.